The van der Waals surface area contributed by atoms with Crippen molar-refractivity contribution in [2.75, 3.05) is 27.3 Å². The van der Waals surface area contributed by atoms with Crippen molar-refractivity contribution in [2.45, 2.75) is 110 Å². The molecule has 0 aromatic heterocycles. The first-order valence-corrected chi connectivity index (χ1v) is 23.6. The van der Waals surface area contributed by atoms with Crippen LogP contribution in [0.15, 0.2) is 96.6 Å². The van der Waals surface area contributed by atoms with E-state index in [0.29, 0.717) is 48.3 Å². The number of methoxy groups -OCH3 is 2. The van der Waals surface area contributed by atoms with Crippen molar-refractivity contribution >= 4 is 11.7 Å². The van der Waals surface area contributed by atoms with E-state index in [1.165, 1.54) is 12.8 Å². The van der Waals surface area contributed by atoms with E-state index in [2.05, 4.69) is 69.0 Å². The smallest absolute Gasteiger partial charge is 0.227 e. The molecule has 2 spiro atoms. The Labute approximate surface area is 369 Å². The van der Waals surface area contributed by atoms with Crippen molar-refractivity contribution in [1.29, 1.82) is 0 Å². The number of fused-ring (bicyclic) bond motifs is 3. The summed E-state index contributed by atoms with van der Waals surface area (Å²) in [6, 6.07) is 24.0. The van der Waals surface area contributed by atoms with Gasteiger partial charge in [0.15, 0.2) is 17.3 Å². The molecule has 0 radical (unpaired) electrons. The molecule has 7 heteroatoms. The predicted octanol–water partition coefficient (Wildman–Crippen LogP) is 10.3. The lowest BCUT2D eigenvalue weighted by atomic mass is 9.32. The second kappa shape index (κ2) is 14.7. The molecular weight excluding hydrogens is 771 g/mol. The number of rotatable bonds is 11. The van der Waals surface area contributed by atoms with E-state index >= 15 is 4.79 Å². The van der Waals surface area contributed by atoms with Crippen LogP contribution in [0.5, 0.6) is 11.5 Å². The van der Waals surface area contributed by atoms with Crippen molar-refractivity contribution in [3.05, 3.63) is 108 Å². The molecular formula is C55H67NO6. The molecule has 328 valence electrons. The highest BCUT2D eigenvalue weighted by atomic mass is 16.5. The van der Waals surface area contributed by atoms with Gasteiger partial charge >= 0.3 is 0 Å². The molecule has 62 heavy (non-hydrogen) atoms. The number of Topliss-reactive ketones (excluding diaryl/α,β-unsaturated/α-hetero) is 1. The summed E-state index contributed by atoms with van der Waals surface area (Å²) in [7, 11) is 3.24. The molecule has 6 saturated carbocycles. The topological polar surface area (TPSA) is 96.3 Å². The van der Waals surface area contributed by atoms with Crippen molar-refractivity contribution in [3.8, 4) is 22.6 Å². The molecule has 0 aliphatic heterocycles. The highest BCUT2D eigenvalue weighted by molar-refractivity contribution is 6.14. The van der Waals surface area contributed by atoms with Gasteiger partial charge in [0.25, 0.3) is 0 Å². The first-order valence-electron chi connectivity index (χ1n) is 23.6. The maximum Gasteiger partial charge on any atom is 0.227 e. The van der Waals surface area contributed by atoms with Crippen molar-refractivity contribution in [3.63, 3.8) is 0 Å². The summed E-state index contributed by atoms with van der Waals surface area (Å²) in [5.41, 5.74) is 1.74. The molecule has 7 nitrogen and oxygen atoms in total. The minimum absolute atomic E-state index is 0.0140. The fourth-order valence-electron chi connectivity index (χ4n) is 15.6. The summed E-state index contributed by atoms with van der Waals surface area (Å²) in [4.78, 5) is 32.6. The third-order valence-corrected chi connectivity index (χ3v) is 19.3. The van der Waals surface area contributed by atoms with Crippen LogP contribution in [0.2, 0.25) is 0 Å². The lowest BCUT2D eigenvalue weighted by molar-refractivity contribution is -0.180. The SMILES string of the molecule is COc1ccc(CC(=O)N(CC2CCC3CC2C3(C)C)CC2(O)CCC3C45C=CC6(C=C4C(=O)c4ccccc4-c4ccccc4)CC(O)CCC6(C)C5CCC32C)cc1OC. The number of carbonyl (C=O) groups is 2. The van der Waals surface area contributed by atoms with Crippen molar-refractivity contribution in [2.24, 2.45) is 56.7 Å². The van der Waals surface area contributed by atoms with Gasteiger partial charge in [0.1, 0.15) is 0 Å². The minimum atomic E-state index is -1.16. The minimum Gasteiger partial charge on any atom is -0.493 e. The van der Waals surface area contributed by atoms with Gasteiger partial charge in [-0.15, -0.1) is 0 Å². The molecule has 9 aliphatic rings. The Kier molecular flexibility index (Phi) is 9.89. The summed E-state index contributed by atoms with van der Waals surface area (Å²) in [6.45, 7) is 10.5. The summed E-state index contributed by atoms with van der Waals surface area (Å²) in [5.74, 6) is 3.20. The molecule has 4 bridgehead atoms. The van der Waals surface area contributed by atoms with E-state index in [0.717, 1.165) is 66.7 Å². The Bertz CT molecular complexity index is 2330. The molecule has 9 aliphatic carbocycles. The zero-order valence-electron chi connectivity index (χ0n) is 37.8. The van der Waals surface area contributed by atoms with Crippen LogP contribution in [-0.2, 0) is 11.2 Å². The fraction of sp³-hybridized carbons (Fsp3) is 0.564. The van der Waals surface area contributed by atoms with Crippen molar-refractivity contribution in [1.82, 2.24) is 4.90 Å². The first kappa shape index (κ1) is 41.8. The maximum atomic E-state index is 15.7. The second-order valence-corrected chi connectivity index (χ2v) is 21.9. The highest BCUT2D eigenvalue weighted by Crippen LogP contribution is 2.78. The summed E-state index contributed by atoms with van der Waals surface area (Å²) >= 11 is 0. The standard InChI is InChI=1S/C55H67NO6/c1-50(2)38-18-17-37(42(50)30-38)33-56(48(58)29-35-16-19-44(61-5)45(28-35)62-6)34-54(60)25-22-47-52(54,4)24-21-46-51(3)23-20-39(57)31-53(51)26-27-55(46,47)43(32-53)49(59)41-15-11-10-14-40(41)36-12-8-7-9-13-36/h7-16,19,26-28,32,37-39,42,46-47,57,60H,17-18,20-25,29-31,33-34H2,1-6H3. The highest BCUT2D eigenvalue weighted by Gasteiger charge is 2.74. The Morgan fingerprint density at radius 2 is 1.50 bits per heavy atom. The molecule has 3 aromatic carbocycles. The number of carbonyl (C=O) groups excluding carboxylic acids is 2. The zero-order chi connectivity index (χ0) is 43.5. The summed E-state index contributed by atoms with van der Waals surface area (Å²) in [6.07, 6.45) is 15.7. The number of ketones is 1. The average Bonchev–Trinajstić information content (AvgIpc) is 3.55. The molecule has 0 heterocycles. The zero-order valence-corrected chi connectivity index (χ0v) is 37.8. The Morgan fingerprint density at radius 3 is 2.24 bits per heavy atom. The number of hydrogen-bond acceptors (Lipinski definition) is 6. The maximum absolute atomic E-state index is 15.7. The van der Waals surface area contributed by atoms with Crippen LogP contribution in [0.25, 0.3) is 11.1 Å². The van der Waals surface area contributed by atoms with Crippen LogP contribution < -0.4 is 9.47 Å². The van der Waals surface area contributed by atoms with Gasteiger partial charge in [-0.25, -0.2) is 0 Å². The van der Waals surface area contributed by atoms with E-state index in [1.54, 1.807) is 14.2 Å². The van der Waals surface area contributed by atoms with Crippen LogP contribution in [0.3, 0.4) is 0 Å². The molecule has 3 aromatic rings. The Balaban J connectivity index is 1.04. The molecule has 0 saturated heterocycles. The van der Waals surface area contributed by atoms with Gasteiger partial charge in [-0.1, -0.05) is 107 Å². The van der Waals surface area contributed by atoms with E-state index in [-0.39, 0.29) is 47.3 Å². The predicted molar refractivity (Wildman–Crippen MR) is 243 cm³/mol. The van der Waals surface area contributed by atoms with Crippen LogP contribution >= 0.6 is 0 Å². The van der Waals surface area contributed by atoms with Gasteiger partial charge in [-0.05, 0) is 133 Å². The van der Waals surface area contributed by atoms with Gasteiger partial charge in [0.05, 0.1) is 32.3 Å². The number of aliphatic hydroxyl groups excluding tert-OH is 1. The lowest BCUT2D eigenvalue weighted by Gasteiger charge is -2.71. The van der Waals surface area contributed by atoms with Gasteiger partial charge in [-0.2, -0.15) is 0 Å². The number of hydrogen-bond donors (Lipinski definition) is 2. The van der Waals surface area contributed by atoms with Crippen LogP contribution in [0.4, 0.5) is 0 Å². The quantitative estimate of drug-likeness (QED) is 0.148. The monoisotopic (exact) mass is 837 g/mol. The Hall–Kier alpha value is -4.20. The largest absolute Gasteiger partial charge is 0.493 e. The van der Waals surface area contributed by atoms with E-state index in [4.69, 9.17) is 9.47 Å². The van der Waals surface area contributed by atoms with E-state index in [9.17, 15) is 15.0 Å². The number of aliphatic hydroxyl groups is 2. The third kappa shape index (κ3) is 5.88. The van der Waals surface area contributed by atoms with Crippen LogP contribution in [-0.4, -0.2) is 65.8 Å². The molecule has 11 atom stereocenters. The van der Waals surface area contributed by atoms with Gasteiger partial charge in [0, 0.05) is 40.5 Å². The van der Waals surface area contributed by atoms with Crippen molar-refractivity contribution < 1.29 is 29.3 Å². The molecule has 11 unspecified atom stereocenters. The molecule has 12 rings (SSSR count). The second-order valence-electron chi connectivity index (χ2n) is 21.9. The van der Waals surface area contributed by atoms with Gasteiger partial charge in [-0.3, -0.25) is 9.59 Å². The number of nitrogens with zero attached hydrogens (tertiary/aromatic N) is 1. The molecule has 1 amide bonds. The lowest BCUT2D eigenvalue weighted by Crippen LogP contribution is -2.67. The number of allylic oxidation sites excluding steroid dienone is 4. The molecule has 2 N–H and O–H groups in total. The van der Waals surface area contributed by atoms with Crippen LogP contribution in [0.1, 0.15) is 108 Å². The van der Waals surface area contributed by atoms with Gasteiger partial charge < -0.3 is 24.6 Å². The number of amides is 1. The average molecular weight is 838 g/mol. The summed E-state index contributed by atoms with van der Waals surface area (Å²) < 4.78 is 11.2. The van der Waals surface area contributed by atoms with E-state index < -0.39 is 27.9 Å². The van der Waals surface area contributed by atoms with Crippen LogP contribution in [0, 0.1) is 56.7 Å². The number of ether oxygens (including phenoxy) is 2. The number of benzene rings is 3. The normalized spacial score (nSPS) is 38.2. The first-order chi connectivity index (χ1) is 29.6. The molecule has 6 fully saturated rings. The van der Waals surface area contributed by atoms with E-state index in [1.807, 2.05) is 54.6 Å². The Morgan fingerprint density at radius 1 is 0.790 bits per heavy atom. The van der Waals surface area contributed by atoms with Gasteiger partial charge in [0.2, 0.25) is 5.91 Å². The fourth-order valence-corrected chi connectivity index (χ4v) is 15.6. The summed E-state index contributed by atoms with van der Waals surface area (Å²) in [5, 5.41) is 24.9. The third-order valence-electron chi connectivity index (χ3n) is 19.3.